The van der Waals surface area contributed by atoms with Gasteiger partial charge in [-0.3, -0.25) is 0 Å². The van der Waals surface area contributed by atoms with Crippen LogP contribution in [0.15, 0.2) is 34.2 Å². The van der Waals surface area contributed by atoms with Gasteiger partial charge < -0.3 is 10.1 Å². The van der Waals surface area contributed by atoms with E-state index in [4.69, 9.17) is 4.74 Å². The van der Waals surface area contributed by atoms with Gasteiger partial charge in [-0.25, -0.2) is 4.98 Å². The van der Waals surface area contributed by atoms with Gasteiger partial charge in [0.05, 0.1) is 7.11 Å². The Balaban J connectivity index is 2.11. The summed E-state index contributed by atoms with van der Waals surface area (Å²) in [4.78, 5) is 4.24. The molecule has 0 aliphatic heterocycles. The molecule has 0 saturated carbocycles. The van der Waals surface area contributed by atoms with Gasteiger partial charge in [0.2, 0.25) is 0 Å². The van der Waals surface area contributed by atoms with Crippen molar-refractivity contribution in [3.05, 3.63) is 34.2 Å². The first kappa shape index (κ1) is 10.4. The van der Waals surface area contributed by atoms with Gasteiger partial charge in [0.1, 0.15) is 10.4 Å². The van der Waals surface area contributed by atoms with Crippen LogP contribution in [0.5, 0.6) is 5.75 Å². The molecule has 2 rings (SSSR count). The predicted octanol–water partition coefficient (Wildman–Crippen LogP) is 3.66. The number of hydrogen-bond donors (Lipinski definition) is 1. The number of hydrogen-bond acceptors (Lipinski definition) is 4. The lowest BCUT2D eigenvalue weighted by Crippen LogP contribution is -1.89. The molecule has 2 aromatic rings. The van der Waals surface area contributed by atoms with Gasteiger partial charge in [-0.1, -0.05) is 0 Å². The van der Waals surface area contributed by atoms with E-state index in [0.29, 0.717) is 0 Å². The highest BCUT2D eigenvalue weighted by molar-refractivity contribution is 9.10. The lowest BCUT2D eigenvalue weighted by Gasteiger charge is -2.03. The van der Waals surface area contributed by atoms with Gasteiger partial charge in [0.25, 0.3) is 0 Å². The highest BCUT2D eigenvalue weighted by atomic mass is 79.9. The molecule has 5 heteroatoms. The molecule has 78 valence electrons. The van der Waals surface area contributed by atoms with Crippen molar-refractivity contribution in [2.45, 2.75) is 0 Å². The van der Waals surface area contributed by atoms with Gasteiger partial charge in [0, 0.05) is 11.1 Å². The summed E-state index contributed by atoms with van der Waals surface area (Å²) in [5.41, 5.74) is 0.998. The number of nitrogens with zero attached hydrogens (tertiary/aromatic N) is 1. The molecule has 0 radical (unpaired) electrons. The maximum Gasteiger partial charge on any atom is 0.188 e. The van der Waals surface area contributed by atoms with Crippen LogP contribution in [0.4, 0.5) is 10.8 Å². The molecule has 15 heavy (non-hydrogen) atoms. The van der Waals surface area contributed by atoms with Gasteiger partial charge >= 0.3 is 0 Å². The highest BCUT2D eigenvalue weighted by Crippen LogP contribution is 2.24. The summed E-state index contributed by atoms with van der Waals surface area (Å²) in [5.74, 6) is 0.848. The van der Waals surface area contributed by atoms with E-state index in [0.717, 1.165) is 21.2 Å². The Bertz CT molecular complexity index is 441. The van der Waals surface area contributed by atoms with E-state index in [2.05, 4.69) is 26.2 Å². The lowest BCUT2D eigenvalue weighted by molar-refractivity contribution is 0.415. The Kier molecular flexibility index (Phi) is 3.23. The summed E-state index contributed by atoms with van der Waals surface area (Å²) in [7, 11) is 1.65. The standard InChI is InChI=1S/C10H9BrN2OS/c1-14-8-4-2-7(3-5-8)12-10-13-9(11)6-15-10/h2-6H,1H3,(H,12,13). The zero-order valence-electron chi connectivity index (χ0n) is 8.03. The fraction of sp³-hybridized carbons (Fsp3) is 0.100. The van der Waals surface area contributed by atoms with E-state index >= 15 is 0 Å². The van der Waals surface area contributed by atoms with Gasteiger partial charge in [0.15, 0.2) is 5.13 Å². The van der Waals surface area contributed by atoms with E-state index < -0.39 is 0 Å². The Morgan fingerprint density at radius 2 is 2.07 bits per heavy atom. The number of ether oxygens (including phenoxy) is 1. The first-order valence-corrected chi connectivity index (χ1v) is 5.97. The molecule has 1 aromatic heterocycles. The second kappa shape index (κ2) is 4.63. The van der Waals surface area contributed by atoms with Crippen molar-refractivity contribution in [1.29, 1.82) is 0 Å². The lowest BCUT2D eigenvalue weighted by atomic mass is 10.3. The van der Waals surface area contributed by atoms with Gasteiger partial charge in [-0.15, -0.1) is 11.3 Å². The normalized spacial score (nSPS) is 10.0. The molecular weight excluding hydrogens is 276 g/mol. The molecule has 0 saturated heterocycles. The van der Waals surface area contributed by atoms with Crippen molar-refractivity contribution in [2.24, 2.45) is 0 Å². The van der Waals surface area contributed by atoms with E-state index in [1.807, 2.05) is 29.6 Å². The number of rotatable bonds is 3. The minimum atomic E-state index is 0.848. The van der Waals surface area contributed by atoms with Crippen molar-refractivity contribution in [3.63, 3.8) is 0 Å². The van der Waals surface area contributed by atoms with Crippen LogP contribution in [-0.4, -0.2) is 12.1 Å². The van der Waals surface area contributed by atoms with E-state index in [1.54, 1.807) is 18.4 Å². The fourth-order valence-electron chi connectivity index (χ4n) is 1.11. The van der Waals surface area contributed by atoms with Gasteiger partial charge in [-0.2, -0.15) is 0 Å². The average molecular weight is 285 g/mol. The largest absolute Gasteiger partial charge is 0.497 e. The minimum absolute atomic E-state index is 0.848. The van der Waals surface area contributed by atoms with E-state index in [1.165, 1.54) is 0 Å². The molecule has 1 heterocycles. The Morgan fingerprint density at radius 1 is 1.33 bits per heavy atom. The van der Waals surface area contributed by atoms with Crippen LogP contribution in [-0.2, 0) is 0 Å². The van der Waals surface area contributed by atoms with Crippen molar-refractivity contribution in [1.82, 2.24) is 4.98 Å². The number of benzene rings is 1. The number of halogens is 1. The van der Waals surface area contributed by atoms with Crippen LogP contribution in [0.3, 0.4) is 0 Å². The molecule has 3 nitrogen and oxygen atoms in total. The Hall–Kier alpha value is -1.07. The molecule has 1 aromatic carbocycles. The molecule has 0 amide bonds. The average Bonchev–Trinajstić information content (AvgIpc) is 2.65. The summed E-state index contributed by atoms with van der Waals surface area (Å²) in [5, 5.41) is 6.00. The molecule has 0 aliphatic rings. The van der Waals surface area contributed by atoms with Crippen molar-refractivity contribution in [2.75, 3.05) is 12.4 Å². The molecule has 0 aliphatic carbocycles. The fourth-order valence-corrected chi connectivity index (χ4v) is 2.27. The van der Waals surface area contributed by atoms with Crippen LogP contribution in [0.25, 0.3) is 0 Å². The Morgan fingerprint density at radius 3 is 2.60 bits per heavy atom. The zero-order valence-corrected chi connectivity index (χ0v) is 10.4. The summed E-state index contributed by atoms with van der Waals surface area (Å²) >= 11 is 4.86. The number of anilines is 2. The maximum atomic E-state index is 5.08. The number of nitrogens with one attached hydrogen (secondary N) is 1. The first-order valence-electron chi connectivity index (χ1n) is 4.30. The van der Waals surface area contributed by atoms with Crippen LogP contribution in [0.2, 0.25) is 0 Å². The smallest absolute Gasteiger partial charge is 0.188 e. The Labute approximate surface area is 100 Å². The molecular formula is C10H9BrN2OS. The SMILES string of the molecule is COc1ccc(Nc2nc(Br)cs2)cc1. The summed E-state index contributed by atoms with van der Waals surface area (Å²) < 4.78 is 5.93. The molecule has 0 fully saturated rings. The van der Waals surface area contributed by atoms with Crippen LogP contribution < -0.4 is 10.1 Å². The maximum absolute atomic E-state index is 5.08. The quantitative estimate of drug-likeness (QED) is 0.934. The first-order chi connectivity index (χ1) is 7.28. The molecule has 0 spiro atoms. The van der Waals surface area contributed by atoms with Crippen molar-refractivity contribution >= 4 is 38.1 Å². The van der Waals surface area contributed by atoms with Gasteiger partial charge in [-0.05, 0) is 40.2 Å². The highest BCUT2D eigenvalue weighted by Gasteiger charge is 1.99. The van der Waals surface area contributed by atoms with Crippen LogP contribution in [0, 0.1) is 0 Å². The van der Waals surface area contributed by atoms with Crippen molar-refractivity contribution in [3.8, 4) is 5.75 Å². The molecule has 1 N–H and O–H groups in total. The number of thiazole rings is 1. The monoisotopic (exact) mass is 284 g/mol. The zero-order chi connectivity index (χ0) is 10.7. The third kappa shape index (κ3) is 2.70. The number of methoxy groups -OCH3 is 1. The second-order valence-corrected chi connectivity index (χ2v) is 4.50. The third-order valence-corrected chi connectivity index (χ3v) is 3.28. The summed E-state index contributed by atoms with van der Waals surface area (Å²) in [6.45, 7) is 0. The minimum Gasteiger partial charge on any atom is -0.497 e. The number of aromatic nitrogens is 1. The van der Waals surface area contributed by atoms with Crippen molar-refractivity contribution < 1.29 is 4.74 Å². The van der Waals surface area contributed by atoms with Crippen LogP contribution in [0.1, 0.15) is 0 Å². The summed E-state index contributed by atoms with van der Waals surface area (Å²) in [6.07, 6.45) is 0. The predicted molar refractivity (Wildman–Crippen MR) is 66.1 cm³/mol. The molecule has 0 bridgehead atoms. The summed E-state index contributed by atoms with van der Waals surface area (Å²) in [6, 6.07) is 7.72. The molecule has 0 atom stereocenters. The third-order valence-electron chi connectivity index (χ3n) is 1.82. The van der Waals surface area contributed by atoms with E-state index in [-0.39, 0.29) is 0 Å². The molecule has 0 unspecified atom stereocenters. The second-order valence-electron chi connectivity index (χ2n) is 2.83. The van der Waals surface area contributed by atoms with E-state index in [9.17, 15) is 0 Å². The van der Waals surface area contributed by atoms with Crippen LogP contribution >= 0.6 is 27.3 Å². The topological polar surface area (TPSA) is 34.1 Å².